The van der Waals surface area contributed by atoms with Gasteiger partial charge < -0.3 is 4.90 Å². The van der Waals surface area contributed by atoms with E-state index in [9.17, 15) is 13.2 Å². The molecule has 0 N–H and O–H groups in total. The number of nitrogens with zero attached hydrogens (tertiary/aromatic N) is 2. The Morgan fingerprint density at radius 2 is 2.09 bits per heavy atom. The van der Waals surface area contributed by atoms with E-state index in [0.717, 1.165) is 12.1 Å². The van der Waals surface area contributed by atoms with Crippen LogP contribution in [0.4, 0.5) is 5.69 Å². The molecule has 22 heavy (non-hydrogen) atoms. The van der Waals surface area contributed by atoms with Crippen LogP contribution < -0.4 is 4.90 Å². The summed E-state index contributed by atoms with van der Waals surface area (Å²) in [5.74, 6) is 0.450. The summed E-state index contributed by atoms with van der Waals surface area (Å²) < 4.78 is 23.2. The summed E-state index contributed by atoms with van der Waals surface area (Å²) in [6, 6.07) is 8.11. The minimum Gasteiger partial charge on any atom is -0.308 e. The van der Waals surface area contributed by atoms with Crippen LogP contribution in [-0.4, -0.2) is 56.4 Å². The molecule has 2 atom stereocenters. The van der Waals surface area contributed by atoms with Gasteiger partial charge in [0.25, 0.3) is 0 Å². The molecule has 2 unspecified atom stereocenters. The Hall–Kier alpha value is -1.40. The minimum absolute atomic E-state index is 0.0397. The van der Waals surface area contributed by atoms with Crippen LogP contribution in [0.3, 0.4) is 0 Å². The number of amides is 1. The Morgan fingerprint density at radius 3 is 2.77 bits per heavy atom. The van der Waals surface area contributed by atoms with Gasteiger partial charge in [0.2, 0.25) is 5.91 Å². The molecule has 0 aromatic heterocycles. The summed E-state index contributed by atoms with van der Waals surface area (Å²) in [6.45, 7) is 2.32. The standard InChI is InChI=1S/C16H22N2O3S/c1-12-9-13-5-3-4-6-15(13)18(12)16(19)10-17(2)14-7-8-22(20,21)11-14/h3-6,12,14H,7-11H2,1-2H3. The highest BCUT2D eigenvalue weighted by atomic mass is 32.2. The Kier molecular flexibility index (Phi) is 3.99. The zero-order chi connectivity index (χ0) is 15.9. The topological polar surface area (TPSA) is 57.7 Å². The number of carbonyl (C=O) groups excluding carboxylic acids is 1. The first-order valence-electron chi connectivity index (χ1n) is 7.68. The van der Waals surface area contributed by atoms with Crippen LogP contribution in [0.1, 0.15) is 18.9 Å². The highest BCUT2D eigenvalue weighted by Crippen LogP contribution is 2.32. The molecule has 0 spiro atoms. The van der Waals surface area contributed by atoms with Gasteiger partial charge in [0.15, 0.2) is 9.84 Å². The minimum atomic E-state index is -2.92. The van der Waals surface area contributed by atoms with Crippen molar-refractivity contribution < 1.29 is 13.2 Å². The number of benzene rings is 1. The average molecular weight is 322 g/mol. The summed E-state index contributed by atoms with van der Waals surface area (Å²) >= 11 is 0. The van der Waals surface area contributed by atoms with Crippen molar-refractivity contribution in [2.24, 2.45) is 0 Å². The van der Waals surface area contributed by atoms with Gasteiger partial charge in [-0.25, -0.2) is 8.42 Å². The summed E-state index contributed by atoms with van der Waals surface area (Å²) in [5, 5.41) is 0. The third kappa shape index (κ3) is 2.90. The molecule has 1 aromatic carbocycles. The predicted octanol–water partition coefficient (Wildman–Crippen LogP) is 1.08. The monoisotopic (exact) mass is 322 g/mol. The SMILES string of the molecule is CC1Cc2ccccc2N1C(=O)CN(C)C1CCS(=O)(=O)C1. The lowest BCUT2D eigenvalue weighted by Crippen LogP contribution is -2.45. The second-order valence-electron chi connectivity index (χ2n) is 6.42. The normalized spacial score (nSPS) is 26.4. The summed E-state index contributed by atoms with van der Waals surface area (Å²) in [5.41, 5.74) is 2.20. The van der Waals surface area contributed by atoms with Crippen molar-refractivity contribution in [1.82, 2.24) is 4.90 Å². The lowest BCUT2D eigenvalue weighted by Gasteiger charge is -2.28. The van der Waals surface area contributed by atoms with E-state index in [1.807, 2.05) is 35.0 Å². The number of likely N-dealkylation sites (N-methyl/N-ethyl adjacent to an activating group) is 1. The van der Waals surface area contributed by atoms with Gasteiger partial charge in [-0.3, -0.25) is 9.69 Å². The van der Waals surface area contributed by atoms with Crippen LogP contribution in [0, 0.1) is 0 Å². The van der Waals surface area contributed by atoms with Crippen LogP contribution in [0.25, 0.3) is 0 Å². The summed E-state index contributed by atoms with van der Waals surface area (Å²) in [7, 11) is -1.08. The number of fused-ring (bicyclic) bond motifs is 1. The molecule has 0 bridgehead atoms. The smallest absolute Gasteiger partial charge is 0.241 e. The number of carbonyl (C=O) groups is 1. The van der Waals surface area contributed by atoms with E-state index < -0.39 is 9.84 Å². The van der Waals surface area contributed by atoms with Gasteiger partial charge in [0.05, 0.1) is 18.1 Å². The van der Waals surface area contributed by atoms with E-state index in [1.54, 1.807) is 0 Å². The van der Waals surface area contributed by atoms with Crippen molar-refractivity contribution in [2.45, 2.75) is 31.8 Å². The molecule has 1 amide bonds. The van der Waals surface area contributed by atoms with Gasteiger partial charge in [-0.15, -0.1) is 0 Å². The molecule has 0 radical (unpaired) electrons. The lowest BCUT2D eigenvalue weighted by atomic mass is 10.1. The molecule has 6 heteroatoms. The first kappa shape index (κ1) is 15.5. The molecule has 120 valence electrons. The van der Waals surface area contributed by atoms with Gasteiger partial charge in [-0.2, -0.15) is 0 Å². The van der Waals surface area contributed by atoms with E-state index in [-0.39, 0.29) is 36.0 Å². The van der Waals surface area contributed by atoms with E-state index >= 15 is 0 Å². The number of para-hydroxylation sites is 1. The number of hydrogen-bond acceptors (Lipinski definition) is 4. The molecule has 0 aliphatic carbocycles. The molecule has 2 aliphatic heterocycles. The fourth-order valence-electron chi connectivity index (χ4n) is 3.49. The second-order valence-corrected chi connectivity index (χ2v) is 8.65. The molecule has 5 nitrogen and oxygen atoms in total. The molecule has 1 fully saturated rings. The molecule has 2 aliphatic rings. The Bertz CT molecular complexity index is 686. The van der Waals surface area contributed by atoms with Crippen LogP contribution in [0.2, 0.25) is 0 Å². The van der Waals surface area contributed by atoms with Crippen molar-refractivity contribution >= 4 is 21.4 Å². The highest BCUT2D eigenvalue weighted by Gasteiger charge is 2.34. The zero-order valence-corrected chi connectivity index (χ0v) is 13.8. The fourth-order valence-corrected chi connectivity index (χ4v) is 5.29. The molecule has 0 saturated carbocycles. The van der Waals surface area contributed by atoms with Gasteiger partial charge >= 0.3 is 0 Å². The van der Waals surface area contributed by atoms with Crippen molar-refractivity contribution in [3.8, 4) is 0 Å². The van der Waals surface area contributed by atoms with Crippen LogP contribution in [0.5, 0.6) is 0 Å². The van der Waals surface area contributed by atoms with E-state index in [4.69, 9.17) is 0 Å². The maximum atomic E-state index is 12.7. The van der Waals surface area contributed by atoms with E-state index in [2.05, 4.69) is 13.0 Å². The first-order chi connectivity index (χ1) is 10.4. The maximum absolute atomic E-state index is 12.7. The van der Waals surface area contributed by atoms with E-state index in [1.165, 1.54) is 5.56 Å². The van der Waals surface area contributed by atoms with Gasteiger partial charge in [0, 0.05) is 17.8 Å². The number of hydrogen-bond donors (Lipinski definition) is 0. The van der Waals surface area contributed by atoms with Crippen LogP contribution >= 0.6 is 0 Å². The molecule has 2 heterocycles. The Morgan fingerprint density at radius 1 is 1.36 bits per heavy atom. The largest absolute Gasteiger partial charge is 0.308 e. The number of anilines is 1. The lowest BCUT2D eigenvalue weighted by molar-refractivity contribution is -0.120. The Balaban J connectivity index is 1.70. The Labute approximate surface area is 131 Å². The zero-order valence-electron chi connectivity index (χ0n) is 13.0. The highest BCUT2D eigenvalue weighted by molar-refractivity contribution is 7.91. The average Bonchev–Trinajstić information content (AvgIpc) is 2.97. The van der Waals surface area contributed by atoms with Gasteiger partial charge in [-0.05, 0) is 38.4 Å². The quantitative estimate of drug-likeness (QED) is 0.836. The van der Waals surface area contributed by atoms with Gasteiger partial charge in [0.1, 0.15) is 0 Å². The molecular weight excluding hydrogens is 300 g/mol. The van der Waals surface area contributed by atoms with Crippen LogP contribution in [0.15, 0.2) is 24.3 Å². The number of rotatable bonds is 3. The molecule has 3 rings (SSSR count). The maximum Gasteiger partial charge on any atom is 0.241 e. The first-order valence-corrected chi connectivity index (χ1v) is 9.50. The van der Waals surface area contributed by atoms with Crippen molar-refractivity contribution in [1.29, 1.82) is 0 Å². The summed E-state index contributed by atoms with van der Waals surface area (Å²) in [6.07, 6.45) is 1.50. The second kappa shape index (κ2) is 5.66. The molecule has 1 saturated heterocycles. The van der Waals surface area contributed by atoms with E-state index in [0.29, 0.717) is 6.42 Å². The number of sulfone groups is 1. The molecular formula is C16H22N2O3S. The summed E-state index contributed by atoms with van der Waals surface area (Å²) in [4.78, 5) is 16.4. The molecule has 1 aromatic rings. The fraction of sp³-hybridized carbons (Fsp3) is 0.562. The predicted molar refractivity (Wildman–Crippen MR) is 86.8 cm³/mol. The van der Waals surface area contributed by atoms with Crippen molar-refractivity contribution in [2.75, 3.05) is 30.0 Å². The van der Waals surface area contributed by atoms with Gasteiger partial charge in [-0.1, -0.05) is 18.2 Å². The van der Waals surface area contributed by atoms with Crippen molar-refractivity contribution in [3.05, 3.63) is 29.8 Å². The third-order valence-electron chi connectivity index (χ3n) is 4.69. The van der Waals surface area contributed by atoms with Crippen molar-refractivity contribution in [3.63, 3.8) is 0 Å². The van der Waals surface area contributed by atoms with Crippen LogP contribution in [-0.2, 0) is 21.1 Å². The third-order valence-corrected chi connectivity index (χ3v) is 6.44.